The molecule has 1 N–H and O–H groups in total. The summed E-state index contributed by atoms with van der Waals surface area (Å²) >= 11 is 8.99. The summed E-state index contributed by atoms with van der Waals surface area (Å²) in [6.07, 6.45) is 0. The van der Waals surface area contributed by atoms with Crippen molar-refractivity contribution in [2.24, 2.45) is 0 Å². The highest BCUT2D eigenvalue weighted by Crippen LogP contribution is 2.23. The van der Waals surface area contributed by atoms with Crippen molar-refractivity contribution in [2.75, 3.05) is 32.7 Å². The number of piperazine rings is 1. The molecule has 0 spiro atoms. The number of hydrogen-bond acceptors (Lipinski definition) is 5. The van der Waals surface area contributed by atoms with Gasteiger partial charge in [0.25, 0.3) is 5.91 Å². The van der Waals surface area contributed by atoms with E-state index in [1.807, 2.05) is 30.0 Å². The number of thiophene rings is 2. The van der Waals surface area contributed by atoms with Gasteiger partial charge < -0.3 is 10.2 Å². The highest BCUT2D eigenvalue weighted by molar-refractivity contribution is 7.16. The first-order chi connectivity index (χ1) is 12.0. The lowest BCUT2D eigenvalue weighted by molar-refractivity contribution is -0.131. The van der Waals surface area contributed by atoms with Crippen molar-refractivity contribution in [2.45, 2.75) is 13.5 Å². The second-order valence-corrected chi connectivity index (χ2v) is 9.04. The molecule has 3 heterocycles. The molecule has 0 saturated carbocycles. The van der Waals surface area contributed by atoms with Gasteiger partial charge in [-0.05, 0) is 31.2 Å². The van der Waals surface area contributed by atoms with Crippen molar-refractivity contribution in [3.05, 3.63) is 43.2 Å². The zero-order chi connectivity index (χ0) is 17.8. The molecular formula is C17H20ClN3O2S2. The van der Waals surface area contributed by atoms with E-state index in [2.05, 4.69) is 10.2 Å². The molecule has 0 aliphatic carbocycles. The topological polar surface area (TPSA) is 52.7 Å². The van der Waals surface area contributed by atoms with Crippen LogP contribution in [0.25, 0.3) is 0 Å². The second kappa shape index (κ2) is 8.31. The van der Waals surface area contributed by atoms with Gasteiger partial charge in [0.05, 0.1) is 15.8 Å². The molecule has 8 heteroatoms. The van der Waals surface area contributed by atoms with Gasteiger partial charge in [-0.15, -0.1) is 22.7 Å². The van der Waals surface area contributed by atoms with Crippen LogP contribution in [-0.2, 0) is 11.3 Å². The third-order valence-corrected chi connectivity index (χ3v) is 6.31. The second-order valence-electron chi connectivity index (χ2n) is 5.96. The molecule has 2 aromatic rings. The maximum Gasteiger partial charge on any atom is 0.261 e. The molecule has 5 nitrogen and oxygen atoms in total. The Labute approximate surface area is 160 Å². The van der Waals surface area contributed by atoms with E-state index in [1.54, 1.807) is 17.4 Å². The van der Waals surface area contributed by atoms with Gasteiger partial charge >= 0.3 is 0 Å². The molecule has 1 aliphatic rings. The molecule has 1 aliphatic heterocycles. The van der Waals surface area contributed by atoms with E-state index in [0.717, 1.165) is 28.8 Å². The SMILES string of the molecule is Cc1ccc(C(=O)NCC(=O)N2CCN(Cc3ccc(Cl)s3)CC2)s1. The van der Waals surface area contributed by atoms with Crippen molar-refractivity contribution in [1.82, 2.24) is 15.1 Å². The van der Waals surface area contributed by atoms with Gasteiger partial charge in [-0.25, -0.2) is 0 Å². The minimum atomic E-state index is -0.181. The van der Waals surface area contributed by atoms with Gasteiger partial charge in [0.1, 0.15) is 0 Å². The number of rotatable bonds is 5. The smallest absolute Gasteiger partial charge is 0.261 e. The summed E-state index contributed by atoms with van der Waals surface area (Å²) in [4.78, 5) is 31.4. The predicted molar refractivity (Wildman–Crippen MR) is 103 cm³/mol. The van der Waals surface area contributed by atoms with Crippen LogP contribution in [-0.4, -0.2) is 54.3 Å². The summed E-state index contributed by atoms with van der Waals surface area (Å²) in [7, 11) is 0. The van der Waals surface area contributed by atoms with E-state index >= 15 is 0 Å². The quantitative estimate of drug-likeness (QED) is 0.844. The van der Waals surface area contributed by atoms with Gasteiger partial charge in [0.15, 0.2) is 0 Å². The Balaban J connectivity index is 1.41. The molecule has 0 atom stereocenters. The first-order valence-electron chi connectivity index (χ1n) is 8.10. The van der Waals surface area contributed by atoms with Crippen LogP contribution in [0.1, 0.15) is 19.4 Å². The third-order valence-electron chi connectivity index (χ3n) is 4.10. The van der Waals surface area contributed by atoms with Crippen molar-refractivity contribution in [1.29, 1.82) is 0 Å². The van der Waals surface area contributed by atoms with Gasteiger partial charge in [0.2, 0.25) is 5.91 Å². The summed E-state index contributed by atoms with van der Waals surface area (Å²) in [5, 5.41) is 2.72. The molecule has 0 bridgehead atoms. The van der Waals surface area contributed by atoms with E-state index in [0.29, 0.717) is 18.0 Å². The predicted octanol–water partition coefficient (Wildman–Crippen LogP) is 2.85. The van der Waals surface area contributed by atoms with Crippen molar-refractivity contribution in [3.63, 3.8) is 0 Å². The highest BCUT2D eigenvalue weighted by Gasteiger charge is 2.22. The molecule has 1 saturated heterocycles. The number of nitrogens with zero attached hydrogens (tertiary/aromatic N) is 2. The number of nitrogens with one attached hydrogen (secondary N) is 1. The lowest BCUT2D eigenvalue weighted by Gasteiger charge is -2.34. The summed E-state index contributed by atoms with van der Waals surface area (Å²) in [5.41, 5.74) is 0. The van der Waals surface area contributed by atoms with Crippen LogP contribution in [0.5, 0.6) is 0 Å². The zero-order valence-electron chi connectivity index (χ0n) is 14.0. The summed E-state index contributed by atoms with van der Waals surface area (Å²) in [5.74, 6) is -0.208. The minimum absolute atomic E-state index is 0.0274. The number of aryl methyl sites for hydroxylation is 1. The van der Waals surface area contributed by atoms with Crippen LogP contribution in [0.2, 0.25) is 4.34 Å². The minimum Gasteiger partial charge on any atom is -0.342 e. The molecule has 3 rings (SSSR count). The normalized spacial score (nSPS) is 15.4. The van der Waals surface area contributed by atoms with Crippen LogP contribution >= 0.6 is 34.3 Å². The number of carbonyl (C=O) groups is 2. The molecule has 1 fully saturated rings. The van der Waals surface area contributed by atoms with Gasteiger partial charge in [0, 0.05) is 42.5 Å². The summed E-state index contributed by atoms with van der Waals surface area (Å²) in [6.45, 7) is 5.91. The molecular weight excluding hydrogens is 378 g/mol. The molecule has 0 radical (unpaired) electrons. The van der Waals surface area contributed by atoms with E-state index < -0.39 is 0 Å². The van der Waals surface area contributed by atoms with E-state index in [4.69, 9.17) is 11.6 Å². The van der Waals surface area contributed by atoms with Crippen LogP contribution in [0.15, 0.2) is 24.3 Å². The molecule has 2 amide bonds. The Bertz CT molecular complexity index is 751. The number of amides is 2. The van der Waals surface area contributed by atoms with E-state index in [9.17, 15) is 9.59 Å². The summed E-state index contributed by atoms with van der Waals surface area (Å²) in [6, 6.07) is 7.66. The van der Waals surface area contributed by atoms with Crippen LogP contribution in [0.4, 0.5) is 0 Å². The fraction of sp³-hybridized carbons (Fsp3) is 0.412. The maximum atomic E-state index is 12.3. The monoisotopic (exact) mass is 397 g/mol. The third kappa shape index (κ3) is 5.04. The Morgan fingerprint density at radius 3 is 2.48 bits per heavy atom. The van der Waals surface area contributed by atoms with Crippen molar-refractivity contribution >= 4 is 46.1 Å². The molecule has 0 unspecified atom stereocenters. The van der Waals surface area contributed by atoms with Gasteiger partial charge in [-0.1, -0.05) is 11.6 Å². The maximum absolute atomic E-state index is 12.3. The van der Waals surface area contributed by atoms with Gasteiger partial charge in [-0.3, -0.25) is 14.5 Å². The van der Waals surface area contributed by atoms with Crippen molar-refractivity contribution in [3.8, 4) is 0 Å². The highest BCUT2D eigenvalue weighted by atomic mass is 35.5. The molecule has 25 heavy (non-hydrogen) atoms. The van der Waals surface area contributed by atoms with Gasteiger partial charge in [-0.2, -0.15) is 0 Å². The fourth-order valence-corrected chi connectivity index (χ4v) is 4.64. The first kappa shape index (κ1) is 18.4. The average Bonchev–Trinajstić information content (AvgIpc) is 3.21. The van der Waals surface area contributed by atoms with Crippen LogP contribution in [0, 0.1) is 6.92 Å². The Hall–Kier alpha value is -1.41. The number of hydrogen-bond donors (Lipinski definition) is 1. The Morgan fingerprint density at radius 1 is 1.12 bits per heavy atom. The summed E-state index contributed by atoms with van der Waals surface area (Å²) < 4.78 is 0.806. The zero-order valence-corrected chi connectivity index (χ0v) is 16.3. The van der Waals surface area contributed by atoms with E-state index in [1.165, 1.54) is 16.2 Å². The molecule has 0 aromatic carbocycles. The lowest BCUT2D eigenvalue weighted by atomic mass is 10.3. The van der Waals surface area contributed by atoms with E-state index in [-0.39, 0.29) is 18.4 Å². The van der Waals surface area contributed by atoms with Crippen molar-refractivity contribution < 1.29 is 9.59 Å². The molecule has 2 aromatic heterocycles. The number of halogens is 1. The standard InChI is InChI=1S/C17H20ClN3O2S2/c1-12-2-4-14(24-12)17(23)19-10-16(22)21-8-6-20(7-9-21)11-13-3-5-15(18)25-13/h2-5H,6-11H2,1H3,(H,19,23). The van der Waals surface area contributed by atoms with Crippen LogP contribution < -0.4 is 5.32 Å². The van der Waals surface area contributed by atoms with Crippen LogP contribution in [0.3, 0.4) is 0 Å². The fourth-order valence-electron chi connectivity index (χ4n) is 2.72. The average molecular weight is 398 g/mol. The molecule has 134 valence electrons. The lowest BCUT2D eigenvalue weighted by Crippen LogP contribution is -2.50. The first-order valence-corrected chi connectivity index (χ1v) is 10.1. The Kier molecular flexibility index (Phi) is 6.11. The Morgan fingerprint density at radius 2 is 1.88 bits per heavy atom. The number of carbonyl (C=O) groups excluding carboxylic acids is 2. The largest absolute Gasteiger partial charge is 0.342 e.